The van der Waals surface area contributed by atoms with Gasteiger partial charge in [-0.1, -0.05) is 54.1 Å². The molecule has 146 valence electrons. The van der Waals surface area contributed by atoms with Gasteiger partial charge in [0.2, 0.25) is 0 Å². The number of aliphatic imine (C=N–C) groups is 1. The van der Waals surface area contributed by atoms with Crippen molar-refractivity contribution < 1.29 is 19.1 Å². The summed E-state index contributed by atoms with van der Waals surface area (Å²) in [6.07, 6.45) is -0.686. The number of amides is 1. The second kappa shape index (κ2) is 10.1. The van der Waals surface area contributed by atoms with Gasteiger partial charge in [0.15, 0.2) is 0 Å². The van der Waals surface area contributed by atoms with Crippen molar-refractivity contribution in [3.05, 3.63) is 76.9 Å². The van der Waals surface area contributed by atoms with Gasteiger partial charge in [-0.15, -0.1) is 0 Å². The normalized spacial score (nSPS) is 12.1. The number of hydrogen-bond acceptors (Lipinski definition) is 5. The Balaban J connectivity index is 2.57. The Morgan fingerprint density at radius 2 is 1.71 bits per heavy atom. The van der Waals surface area contributed by atoms with Crippen LogP contribution in [0, 0.1) is 6.92 Å². The summed E-state index contributed by atoms with van der Waals surface area (Å²) in [5.74, 6) is -0.595. The second-order valence-corrected chi connectivity index (χ2v) is 6.11. The number of hydrogen-bond donors (Lipinski definition) is 1. The molecule has 1 amide bonds. The zero-order valence-electron chi connectivity index (χ0n) is 16.5. The Labute approximate surface area is 164 Å². The topological polar surface area (TPSA) is 77.0 Å². The highest BCUT2D eigenvalue weighted by molar-refractivity contribution is 6.24. The maximum absolute atomic E-state index is 12.6. The van der Waals surface area contributed by atoms with Crippen LogP contribution >= 0.6 is 0 Å². The van der Waals surface area contributed by atoms with E-state index >= 15 is 0 Å². The molecule has 0 aliphatic carbocycles. The van der Waals surface area contributed by atoms with Crippen LogP contribution in [0.3, 0.4) is 0 Å². The van der Waals surface area contributed by atoms with Crippen LogP contribution < -0.4 is 5.32 Å². The summed E-state index contributed by atoms with van der Waals surface area (Å²) in [5, 5.41) is 2.64. The second-order valence-electron chi connectivity index (χ2n) is 6.11. The van der Waals surface area contributed by atoms with Crippen molar-refractivity contribution in [2.24, 2.45) is 4.99 Å². The fourth-order valence-electron chi connectivity index (χ4n) is 2.64. The number of ether oxygens (including phenoxy) is 2. The lowest BCUT2D eigenvalue weighted by Gasteiger charge is -2.16. The molecule has 2 aromatic rings. The maximum Gasteiger partial charge on any atom is 0.411 e. The molecule has 0 aromatic heterocycles. The van der Waals surface area contributed by atoms with E-state index in [-0.39, 0.29) is 11.3 Å². The summed E-state index contributed by atoms with van der Waals surface area (Å²) >= 11 is 0. The smallest absolute Gasteiger partial charge is 0.411 e. The Morgan fingerprint density at radius 3 is 2.32 bits per heavy atom. The van der Waals surface area contributed by atoms with Crippen molar-refractivity contribution in [1.82, 2.24) is 5.32 Å². The highest BCUT2D eigenvalue weighted by Gasteiger charge is 2.22. The van der Waals surface area contributed by atoms with Gasteiger partial charge in [0.25, 0.3) is 0 Å². The first-order valence-corrected chi connectivity index (χ1v) is 8.76. The molecular formula is C22H24N2O4. The first-order valence-electron chi connectivity index (χ1n) is 8.76. The lowest BCUT2D eigenvalue weighted by Crippen LogP contribution is -2.27. The number of methoxy groups -OCH3 is 2. The number of aryl methyl sites for hydroxylation is 1. The quantitative estimate of drug-likeness (QED) is 0.468. The molecule has 0 spiro atoms. The molecule has 0 bridgehead atoms. The summed E-state index contributed by atoms with van der Waals surface area (Å²) in [7, 11) is 2.55. The van der Waals surface area contributed by atoms with Crippen molar-refractivity contribution in [1.29, 1.82) is 0 Å². The molecule has 0 heterocycles. The molecule has 0 radical (unpaired) electrons. The Kier molecular flexibility index (Phi) is 7.51. The highest BCUT2D eigenvalue weighted by Crippen LogP contribution is 2.21. The fraction of sp³-hybridized carbons (Fsp3) is 0.227. The molecule has 0 atom stereocenters. The zero-order valence-corrected chi connectivity index (χ0v) is 16.5. The Morgan fingerprint density at radius 1 is 1.00 bits per heavy atom. The minimum absolute atomic E-state index is 0.175. The standard InChI is InChI=1S/C22H24N2O4/c1-15-9-8-12-18(13-15)20(24-22(26)28-4)19(21(25)27-3)16(2)23-14-17-10-6-5-7-11-17/h5-13H,14H2,1-4H3,(H,24,26). The fourth-order valence-corrected chi connectivity index (χ4v) is 2.64. The van der Waals surface area contributed by atoms with Crippen molar-refractivity contribution >= 4 is 23.5 Å². The van der Waals surface area contributed by atoms with E-state index < -0.39 is 12.1 Å². The minimum atomic E-state index is -0.686. The summed E-state index contributed by atoms with van der Waals surface area (Å²) < 4.78 is 9.69. The number of esters is 1. The SMILES string of the molecule is COC(=O)NC(=C(C(=O)OC)C(C)=NCc1ccccc1)c1cccc(C)c1. The molecule has 28 heavy (non-hydrogen) atoms. The van der Waals surface area contributed by atoms with Gasteiger partial charge in [-0.25, -0.2) is 9.59 Å². The van der Waals surface area contributed by atoms with E-state index in [1.54, 1.807) is 13.0 Å². The van der Waals surface area contributed by atoms with Gasteiger partial charge in [0, 0.05) is 5.71 Å². The summed E-state index contributed by atoms with van der Waals surface area (Å²) in [5.41, 5.74) is 3.55. The molecule has 0 aliphatic rings. The third kappa shape index (κ3) is 5.54. The van der Waals surface area contributed by atoms with E-state index in [9.17, 15) is 9.59 Å². The van der Waals surface area contributed by atoms with E-state index in [1.807, 2.05) is 55.5 Å². The third-order valence-corrected chi connectivity index (χ3v) is 4.06. The monoisotopic (exact) mass is 380 g/mol. The lowest BCUT2D eigenvalue weighted by atomic mass is 10.0. The van der Waals surface area contributed by atoms with Crippen molar-refractivity contribution in [3.8, 4) is 0 Å². The molecule has 0 saturated heterocycles. The largest absolute Gasteiger partial charge is 0.465 e. The van der Waals surface area contributed by atoms with E-state index in [1.165, 1.54) is 14.2 Å². The zero-order chi connectivity index (χ0) is 20.5. The number of carbonyl (C=O) groups excluding carboxylic acids is 2. The molecule has 0 aliphatic heterocycles. The number of rotatable bonds is 6. The Hall–Kier alpha value is -3.41. The Bertz CT molecular complexity index is 902. The number of nitrogens with zero attached hydrogens (tertiary/aromatic N) is 1. The maximum atomic E-state index is 12.6. The minimum Gasteiger partial charge on any atom is -0.465 e. The van der Waals surface area contributed by atoms with Crippen LogP contribution in [0.1, 0.15) is 23.6 Å². The van der Waals surface area contributed by atoms with Crippen LogP contribution in [-0.4, -0.2) is 32.0 Å². The van der Waals surface area contributed by atoms with Crippen molar-refractivity contribution in [2.75, 3.05) is 14.2 Å². The van der Waals surface area contributed by atoms with Crippen LogP contribution in [-0.2, 0) is 20.8 Å². The van der Waals surface area contributed by atoms with E-state index in [4.69, 9.17) is 9.47 Å². The summed E-state index contributed by atoms with van der Waals surface area (Å²) in [6, 6.07) is 17.1. The highest BCUT2D eigenvalue weighted by atomic mass is 16.5. The van der Waals surface area contributed by atoms with Crippen molar-refractivity contribution in [2.45, 2.75) is 20.4 Å². The van der Waals surface area contributed by atoms with Gasteiger partial charge >= 0.3 is 12.1 Å². The van der Waals surface area contributed by atoms with Crippen LogP contribution in [0.4, 0.5) is 4.79 Å². The first-order chi connectivity index (χ1) is 13.5. The van der Waals surface area contributed by atoms with Gasteiger partial charge in [-0.3, -0.25) is 10.3 Å². The molecule has 6 heteroatoms. The van der Waals surface area contributed by atoms with Crippen molar-refractivity contribution in [3.63, 3.8) is 0 Å². The average molecular weight is 380 g/mol. The first kappa shape index (κ1) is 20.9. The predicted molar refractivity (Wildman–Crippen MR) is 109 cm³/mol. The van der Waals surface area contributed by atoms with Gasteiger partial charge in [-0.05, 0) is 31.0 Å². The number of nitrogens with one attached hydrogen (secondary N) is 1. The summed E-state index contributed by atoms with van der Waals surface area (Å²) in [6.45, 7) is 4.03. The molecule has 0 fully saturated rings. The van der Waals surface area contributed by atoms with Crippen LogP contribution in [0.15, 0.2) is 65.2 Å². The third-order valence-electron chi connectivity index (χ3n) is 4.06. The van der Waals surface area contributed by atoms with Crippen LogP contribution in [0.5, 0.6) is 0 Å². The molecule has 0 unspecified atom stereocenters. The average Bonchev–Trinajstić information content (AvgIpc) is 2.72. The molecule has 0 saturated carbocycles. The molecule has 2 aromatic carbocycles. The lowest BCUT2D eigenvalue weighted by molar-refractivity contribution is -0.135. The van der Waals surface area contributed by atoms with Gasteiger partial charge < -0.3 is 9.47 Å². The van der Waals surface area contributed by atoms with E-state index in [2.05, 4.69) is 10.3 Å². The van der Waals surface area contributed by atoms with Gasteiger partial charge in [0.05, 0.1) is 26.5 Å². The molecular weight excluding hydrogens is 356 g/mol. The van der Waals surface area contributed by atoms with Crippen LogP contribution in [0.25, 0.3) is 5.70 Å². The van der Waals surface area contributed by atoms with Gasteiger partial charge in [-0.2, -0.15) is 0 Å². The summed E-state index contributed by atoms with van der Waals surface area (Å²) in [4.78, 5) is 29.1. The van der Waals surface area contributed by atoms with E-state index in [0.29, 0.717) is 17.8 Å². The number of benzene rings is 2. The number of carbonyl (C=O) groups is 2. The van der Waals surface area contributed by atoms with Crippen LogP contribution in [0.2, 0.25) is 0 Å². The molecule has 2 rings (SSSR count). The van der Waals surface area contributed by atoms with E-state index in [0.717, 1.165) is 11.1 Å². The van der Waals surface area contributed by atoms with Gasteiger partial charge in [0.1, 0.15) is 5.57 Å². The molecule has 1 N–H and O–H groups in total. The molecule has 6 nitrogen and oxygen atoms in total. The predicted octanol–water partition coefficient (Wildman–Crippen LogP) is 3.90. The number of alkyl carbamates (subject to hydrolysis) is 1.